The summed E-state index contributed by atoms with van der Waals surface area (Å²) < 4.78 is 35.3. The van der Waals surface area contributed by atoms with Crippen LogP contribution in [0.5, 0.6) is 0 Å². The number of rotatable bonds is 4. The fraction of sp³-hybridized carbons (Fsp3) is 0.769. The SMILES string of the molecule is Cc1c(CS(=O)(=O)C2CCCOC2)noc1C1CC1. The van der Waals surface area contributed by atoms with E-state index in [9.17, 15) is 8.42 Å². The molecule has 106 valence electrons. The summed E-state index contributed by atoms with van der Waals surface area (Å²) >= 11 is 0. The third-order valence-electron chi connectivity index (χ3n) is 3.97. The predicted octanol–water partition coefficient (Wildman–Crippen LogP) is 1.95. The van der Waals surface area contributed by atoms with Gasteiger partial charge in [-0.05, 0) is 32.6 Å². The number of ether oxygens (including phenoxy) is 1. The lowest BCUT2D eigenvalue weighted by Crippen LogP contribution is -2.32. The van der Waals surface area contributed by atoms with Crippen molar-refractivity contribution in [3.8, 4) is 0 Å². The van der Waals surface area contributed by atoms with E-state index in [2.05, 4.69) is 5.16 Å². The highest BCUT2D eigenvalue weighted by atomic mass is 32.2. The van der Waals surface area contributed by atoms with Gasteiger partial charge >= 0.3 is 0 Å². The van der Waals surface area contributed by atoms with Crippen molar-refractivity contribution in [2.24, 2.45) is 0 Å². The van der Waals surface area contributed by atoms with E-state index in [-0.39, 0.29) is 11.0 Å². The Balaban J connectivity index is 1.76. The van der Waals surface area contributed by atoms with Gasteiger partial charge in [-0.3, -0.25) is 0 Å². The highest BCUT2D eigenvalue weighted by Gasteiger charge is 2.33. The molecule has 19 heavy (non-hydrogen) atoms. The Morgan fingerprint density at radius 3 is 2.74 bits per heavy atom. The Labute approximate surface area is 113 Å². The van der Waals surface area contributed by atoms with Crippen LogP contribution in [0.1, 0.15) is 48.6 Å². The third-order valence-corrected chi connectivity index (χ3v) is 6.03. The van der Waals surface area contributed by atoms with Crippen LogP contribution in [0.4, 0.5) is 0 Å². The summed E-state index contributed by atoms with van der Waals surface area (Å²) in [4.78, 5) is 0. The number of sulfone groups is 1. The van der Waals surface area contributed by atoms with Gasteiger partial charge < -0.3 is 9.26 Å². The van der Waals surface area contributed by atoms with Gasteiger partial charge in [-0.15, -0.1) is 0 Å². The van der Waals surface area contributed by atoms with Gasteiger partial charge in [0.25, 0.3) is 0 Å². The normalized spacial score (nSPS) is 24.6. The molecule has 2 aliphatic rings. The zero-order valence-corrected chi connectivity index (χ0v) is 11.9. The maximum absolute atomic E-state index is 12.3. The minimum Gasteiger partial charge on any atom is -0.380 e. The lowest BCUT2D eigenvalue weighted by Gasteiger charge is -2.21. The molecule has 0 bridgehead atoms. The highest BCUT2D eigenvalue weighted by Crippen LogP contribution is 2.42. The van der Waals surface area contributed by atoms with Crippen LogP contribution in [0.2, 0.25) is 0 Å². The molecule has 0 spiro atoms. The molecule has 2 fully saturated rings. The Morgan fingerprint density at radius 1 is 1.32 bits per heavy atom. The molecule has 1 aromatic heterocycles. The topological polar surface area (TPSA) is 69.4 Å². The molecule has 5 nitrogen and oxygen atoms in total. The van der Waals surface area contributed by atoms with Gasteiger partial charge in [0.1, 0.15) is 11.5 Å². The summed E-state index contributed by atoms with van der Waals surface area (Å²) in [5.74, 6) is 1.32. The van der Waals surface area contributed by atoms with Crippen molar-refractivity contribution in [3.05, 3.63) is 17.0 Å². The summed E-state index contributed by atoms with van der Waals surface area (Å²) in [6.45, 7) is 2.89. The Bertz CT molecular complexity index is 553. The van der Waals surface area contributed by atoms with Crippen LogP contribution < -0.4 is 0 Å². The molecular formula is C13H19NO4S. The molecule has 1 aliphatic heterocycles. The molecule has 6 heteroatoms. The van der Waals surface area contributed by atoms with Crippen molar-refractivity contribution in [1.29, 1.82) is 0 Å². The van der Waals surface area contributed by atoms with E-state index in [1.165, 1.54) is 0 Å². The molecule has 1 aliphatic carbocycles. The van der Waals surface area contributed by atoms with Crippen molar-refractivity contribution in [3.63, 3.8) is 0 Å². The number of nitrogens with zero attached hydrogens (tertiary/aromatic N) is 1. The first kappa shape index (κ1) is 13.1. The number of hydrogen-bond donors (Lipinski definition) is 0. The minimum atomic E-state index is -3.20. The summed E-state index contributed by atoms with van der Waals surface area (Å²) in [7, 11) is -3.20. The molecule has 0 amide bonds. The van der Waals surface area contributed by atoms with Gasteiger partial charge in [0, 0.05) is 18.1 Å². The molecule has 1 aromatic rings. The summed E-state index contributed by atoms with van der Waals surface area (Å²) in [5, 5.41) is 3.57. The Hall–Kier alpha value is -0.880. The van der Waals surface area contributed by atoms with E-state index in [0.717, 1.165) is 30.6 Å². The van der Waals surface area contributed by atoms with Gasteiger partial charge in [0.2, 0.25) is 0 Å². The van der Waals surface area contributed by atoms with Crippen LogP contribution in [0.3, 0.4) is 0 Å². The van der Waals surface area contributed by atoms with E-state index in [1.807, 2.05) is 6.92 Å². The van der Waals surface area contributed by atoms with E-state index in [1.54, 1.807) is 0 Å². The molecule has 1 saturated carbocycles. The molecule has 0 radical (unpaired) electrons. The summed E-state index contributed by atoms with van der Waals surface area (Å²) in [6, 6.07) is 0. The van der Waals surface area contributed by atoms with Crippen LogP contribution in [0.15, 0.2) is 4.52 Å². The first-order valence-electron chi connectivity index (χ1n) is 6.82. The van der Waals surface area contributed by atoms with Gasteiger partial charge in [-0.25, -0.2) is 8.42 Å². The maximum Gasteiger partial charge on any atom is 0.161 e. The van der Waals surface area contributed by atoms with Gasteiger partial charge in [0.05, 0.1) is 17.6 Å². The van der Waals surface area contributed by atoms with Gasteiger partial charge in [-0.2, -0.15) is 0 Å². The van der Waals surface area contributed by atoms with E-state index in [0.29, 0.717) is 31.2 Å². The molecule has 2 heterocycles. The average Bonchev–Trinajstić information content (AvgIpc) is 3.18. The van der Waals surface area contributed by atoms with Crippen molar-refractivity contribution >= 4 is 9.84 Å². The molecule has 0 N–H and O–H groups in total. The molecule has 0 aromatic carbocycles. The first-order chi connectivity index (χ1) is 9.08. The second-order valence-electron chi connectivity index (χ2n) is 5.54. The van der Waals surface area contributed by atoms with Crippen molar-refractivity contribution in [2.45, 2.75) is 49.5 Å². The second-order valence-corrected chi connectivity index (χ2v) is 7.82. The number of aromatic nitrogens is 1. The number of hydrogen-bond acceptors (Lipinski definition) is 5. The fourth-order valence-corrected chi connectivity index (χ4v) is 4.26. The third kappa shape index (κ3) is 2.69. The largest absolute Gasteiger partial charge is 0.380 e. The fourth-order valence-electron chi connectivity index (χ4n) is 2.55. The van der Waals surface area contributed by atoms with E-state index in [4.69, 9.17) is 9.26 Å². The average molecular weight is 285 g/mol. The molecule has 1 saturated heterocycles. The summed E-state index contributed by atoms with van der Waals surface area (Å²) in [6.07, 6.45) is 3.75. The standard InChI is InChI=1S/C13H19NO4S/c1-9-12(14-18-13(9)10-4-5-10)8-19(15,16)11-3-2-6-17-7-11/h10-11H,2-8H2,1H3. The van der Waals surface area contributed by atoms with Crippen LogP contribution in [0, 0.1) is 6.92 Å². The van der Waals surface area contributed by atoms with Crippen LogP contribution >= 0.6 is 0 Å². The first-order valence-corrected chi connectivity index (χ1v) is 8.54. The van der Waals surface area contributed by atoms with Gasteiger partial charge in [-0.1, -0.05) is 5.16 Å². The highest BCUT2D eigenvalue weighted by molar-refractivity contribution is 7.91. The second kappa shape index (κ2) is 4.90. The monoisotopic (exact) mass is 285 g/mol. The van der Waals surface area contributed by atoms with Gasteiger partial charge in [0.15, 0.2) is 9.84 Å². The minimum absolute atomic E-state index is 0.0247. The quantitative estimate of drug-likeness (QED) is 0.845. The molecule has 1 atom stereocenters. The van der Waals surface area contributed by atoms with Crippen molar-refractivity contribution < 1.29 is 17.7 Å². The van der Waals surface area contributed by atoms with Crippen LogP contribution in [-0.2, 0) is 20.3 Å². The molecule has 1 unspecified atom stereocenters. The van der Waals surface area contributed by atoms with E-state index >= 15 is 0 Å². The Morgan fingerprint density at radius 2 is 2.11 bits per heavy atom. The van der Waals surface area contributed by atoms with Crippen molar-refractivity contribution in [2.75, 3.05) is 13.2 Å². The Kier molecular flexibility index (Phi) is 3.39. The zero-order valence-electron chi connectivity index (χ0n) is 11.1. The van der Waals surface area contributed by atoms with Crippen LogP contribution in [-0.4, -0.2) is 32.0 Å². The molecule has 3 rings (SSSR count). The lowest BCUT2D eigenvalue weighted by atomic mass is 10.2. The smallest absolute Gasteiger partial charge is 0.161 e. The summed E-state index contributed by atoms with van der Waals surface area (Å²) in [5.41, 5.74) is 1.50. The zero-order chi connectivity index (χ0) is 13.5. The maximum atomic E-state index is 12.3. The van der Waals surface area contributed by atoms with Crippen LogP contribution in [0.25, 0.3) is 0 Å². The molecular weight excluding hydrogens is 266 g/mol. The van der Waals surface area contributed by atoms with E-state index < -0.39 is 9.84 Å². The predicted molar refractivity (Wildman–Crippen MR) is 69.7 cm³/mol. The lowest BCUT2D eigenvalue weighted by molar-refractivity contribution is 0.0990. The van der Waals surface area contributed by atoms with Crippen molar-refractivity contribution in [1.82, 2.24) is 5.16 Å².